The first-order valence-corrected chi connectivity index (χ1v) is 8.81. The number of furan rings is 1. The molecule has 5 nitrogen and oxygen atoms in total. The van der Waals surface area contributed by atoms with E-state index >= 15 is 0 Å². The van der Waals surface area contributed by atoms with Crippen LogP contribution in [-0.4, -0.2) is 19.1 Å². The van der Waals surface area contributed by atoms with Crippen LogP contribution in [0.1, 0.15) is 42.9 Å². The van der Waals surface area contributed by atoms with Crippen LogP contribution in [0.15, 0.2) is 52.9 Å². The molecule has 1 aromatic heterocycles. The first kappa shape index (κ1) is 17.9. The molecule has 1 amide bonds. The SMILES string of the molecule is CCOc1ccc([C@H](C)NC(=O)c2cc3ccccc3o2)cc1OCC. The molecule has 0 aliphatic carbocycles. The van der Waals surface area contributed by atoms with E-state index in [4.69, 9.17) is 13.9 Å². The predicted octanol–water partition coefficient (Wildman–Crippen LogP) is 4.72. The minimum Gasteiger partial charge on any atom is -0.490 e. The van der Waals surface area contributed by atoms with Crippen molar-refractivity contribution in [3.8, 4) is 11.5 Å². The highest BCUT2D eigenvalue weighted by Crippen LogP contribution is 2.31. The van der Waals surface area contributed by atoms with Crippen LogP contribution in [0.4, 0.5) is 0 Å². The topological polar surface area (TPSA) is 60.7 Å². The van der Waals surface area contributed by atoms with Gasteiger partial charge in [0.05, 0.1) is 19.3 Å². The van der Waals surface area contributed by atoms with E-state index in [9.17, 15) is 4.79 Å². The molecule has 0 saturated heterocycles. The van der Waals surface area contributed by atoms with Gasteiger partial charge in [-0.05, 0) is 50.6 Å². The normalized spacial score (nSPS) is 12.0. The summed E-state index contributed by atoms with van der Waals surface area (Å²) in [5.74, 6) is 1.43. The molecule has 0 bridgehead atoms. The lowest BCUT2D eigenvalue weighted by atomic mass is 10.1. The lowest BCUT2D eigenvalue weighted by Gasteiger charge is -2.17. The van der Waals surface area contributed by atoms with Crippen LogP contribution < -0.4 is 14.8 Å². The van der Waals surface area contributed by atoms with Crippen LogP contribution in [0, 0.1) is 0 Å². The van der Waals surface area contributed by atoms with Crippen LogP contribution in [-0.2, 0) is 0 Å². The average molecular weight is 353 g/mol. The second kappa shape index (κ2) is 7.95. The van der Waals surface area contributed by atoms with Crippen molar-refractivity contribution < 1.29 is 18.7 Å². The molecule has 0 radical (unpaired) electrons. The van der Waals surface area contributed by atoms with E-state index in [0.29, 0.717) is 36.1 Å². The molecule has 2 aromatic carbocycles. The molecule has 26 heavy (non-hydrogen) atoms. The summed E-state index contributed by atoms with van der Waals surface area (Å²) in [6, 6.07) is 14.8. The van der Waals surface area contributed by atoms with Gasteiger partial charge in [0.2, 0.25) is 0 Å². The van der Waals surface area contributed by atoms with E-state index in [1.165, 1.54) is 0 Å². The third-order valence-electron chi connectivity index (χ3n) is 4.06. The highest BCUT2D eigenvalue weighted by molar-refractivity contribution is 5.96. The Kier molecular flexibility index (Phi) is 5.46. The van der Waals surface area contributed by atoms with Crippen molar-refractivity contribution in [1.29, 1.82) is 0 Å². The van der Waals surface area contributed by atoms with Crippen molar-refractivity contribution in [2.45, 2.75) is 26.8 Å². The summed E-state index contributed by atoms with van der Waals surface area (Å²) in [4.78, 5) is 12.5. The standard InChI is InChI=1S/C21H23NO4/c1-4-24-18-11-10-15(12-19(18)25-5-2)14(3)22-21(23)20-13-16-8-6-7-9-17(16)26-20/h6-14H,4-5H2,1-3H3,(H,22,23)/t14-/m0/s1. The highest BCUT2D eigenvalue weighted by atomic mass is 16.5. The number of fused-ring (bicyclic) bond motifs is 1. The van der Waals surface area contributed by atoms with Gasteiger partial charge in [-0.1, -0.05) is 24.3 Å². The molecule has 3 rings (SSSR count). The smallest absolute Gasteiger partial charge is 0.287 e. The van der Waals surface area contributed by atoms with Gasteiger partial charge in [0.25, 0.3) is 5.91 Å². The number of benzene rings is 2. The minimum absolute atomic E-state index is 0.203. The van der Waals surface area contributed by atoms with Gasteiger partial charge in [-0.3, -0.25) is 4.79 Å². The van der Waals surface area contributed by atoms with Gasteiger partial charge in [-0.25, -0.2) is 0 Å². The Morgan fingerprint density at radius 2 is 1.77 bits per heavy atom. The Morgan fingerprint density at radius 1 is 1.04 bits per heavy atom. The Bertz CT molecular complexity index is 867. The lowest BCUT2D eigenvalue weighted by molar-refractivity contribution is 0.0914. The van der Waals surface area contributed by atoms with Gasteiger partial charge in [0.1, 0.15) is 5.58 Å². The van der Waals surface area contributed by atoms with Crippen molar-refractivity contribution >= 4 is 16.9 Å². The van der Waals surface area contributed by atoms with Crippen LogP contribution >= 0.6 is 0 Å². The molecular weight excluding hydrogens is 330 g/mol. The number of carbonyl (C=O) groups excluding carboxylic acids is 1. The first-order chi connectivity index (χ1) is 12.6. The lowest BCUT2D eigenvalue weighted by Crippen LogP contribution is -2.26. The number of amides is 1. The molecule has 0 spiro atoms. The third-order valence-corrected chi connectivity index (χ3v) is 4.06. The van der Waals surface area contributed by atoms with Crippen LogP contribution in [0.2, 0.25) is 0 Å². The molecule has 5 heteroatoms. The summed E-state index contributed by atoms with van der Waals surface area (Å²) in [6.07, 6.45) is 0. The van der Waals surface area contributed by atoms with Gasteiger partial charge in [-0.15, -0.1) is 0 Å². The van der Waals surface area contributed by atoms with E-state index < -0.39 is 0 Å². The zero-order valence-corrected chi connectivity index (χ0v) is 15.2. The fraction of sp³-hybridized carbons (Fsp3) is 0.286. The third kappa shape index (κ3) is 3.82. The number of hydrogen-bond donors (Lipinski definition) is 1. The predicted molar refractivity (Wildman–Crippen MR) is 101 cm³/mol. The van der Waals surface area contributed by atoms with Crippen molar-refractivity contribution in [1.82, 2.24) is 5.32 Å². The summed E-state index contributed by atoms with van der Waals surface area (Å²) in [5, 5.41) is 3.87. The van der Waals surface area contributed by atoms with Crippen molar-refractivity contribution in [3.05, 3.63) is 59.9 Å². The fourth-order valence-electron chi connectivity index (χ4n) is 2.78. The fourth-order valence-corrected chi connectivity index (χ4v) is 2.78. The van der Waals surface area contributed by atoms with Gasteiger partial charge in [0.15, 0.2) is 17.3 Å². The number of ether oxygens (including phenoxy) is 2. The van der Waals surface area contributed by atoms with Crippen LogP contribution in [0.5, 0.6) is 11.5 Å². The summed E-state index contributed by atoms with van der Waals surface area (Å²) in [7, 11) is 0. The molecular formula is C21H23NO4. The van der Waals surface area contributed by atoms with Crippen molar-refractivity contribution in [2.24, 2.45) is 0 Å². The van der Waals surface area contributed by atoms with Crippen LogP contribution in [0.25, 0.3) is 11.0 Å². The molecule has 136 valence electrons. The van der Waals surface area contributed by atoms with Gasteiger partial charge >= 0.3 is 0 Å². The number of nitrogens with one attached hydrogen (secondary N) is 1. The van der Waals surface area contributed by atoms with E-state index in [1.807, 2.05) is 63.2 Å². The Hall–Kier alpha value is -2.95. The quantitative estimate of drug-likeness (QED) is 0.667. The van der Waals surface area contributed by atoms with Gasteiger partial charge in [0, 0.05) is 5.39 Å². The number of hydrogen-bond acceptors (Lipinski definition) is 4. The molecule has 1 atom stereocenters. The molecule has 0 aliphatic heterocycles. The summed E-state index contributed by atoms with van der Waals surface area (Å²) >= 11 is 0. The van der Waals surface area contributed by atoms with E-state index in [0.717, 1.165) is 10.9 Å². The van der Waals surface area contributed by atoms with Gasteiger partial charge in [-0.2, -0.15) is 0 Å². The molecule has 0 aliphatic rings. The highest BCUT2D eigenvalue weighted by Gasteiger charge is 2.17. The number of carbonyl (C=O) groups is 1. The molecule has 0 saturated carbocycles. The second-order valence-electron chi connectivity index (χ2n) is 5.92. The maximum absolute atomic E-state index is 12.5. The molecule has 0 fully saturated rings. The van der Waals surface area contributed by atoms with Crippen molar-refractivity contribution in [2.75, 3.05) is 13.2 Å². The summed E-state index contributed by atoms with van der Waals surface area (Å²) < 4.78 is 16.9. The molecule has 0 unspecified atom stereocenters. The number of para-hydroxylation sites is 1. The monoisotopic (exact) mass is 353 g/mol. The Morgan fingerprint density at radius 3 is 2.50 bits per heavy atom. The minimum atomic E-state index is -0.249. The van der Waals surface area contributed by atoms with E-state index in [-0.39, 0.29) is 11.9 Å². The van der Waals surface area contributed by atoms with Crippen molar-refractivity contribution in [3.63, 3.8) is 0 Å². The van der Waals surface area contributed by atoms with E-state index in [1.54, 1.807) is 6.07 Å². The van der Waals surface area contributed by atoms with E-state index in [2.05, 4.69) is 5.32 Å². The number of rotatable bonds is 7. The maximum atomic E-state index is 12.5. The summed E-state index contributed by atoms with van der Waals surface area (Å²) in [6.45, 7) is 6.89. The average Bonchev–Trinajstić information content (AvgIpc) is 3.08. The molecule has 1 heterocycles. The first-order valence-electron chi connectivity index (χ1n) is 8.81. The largest absolute Gasteiger partial charge is 0.490 e. The summed E-state index contributed by atoms with van der Waals surface area (Å²) in [5.41, 5.74) is 1.63. The van der Waals surface area contributed by atoms with Crippen LogP contribution in [0.3, 0.4) is 0 Å². The van der Waals surface area contributed by atoms with Gasteiger partial charge < -0.3 is 19.2 Å². The zero-order chi connectivity index (χ0) is 18.5. The second-order valence-corrected chi connectivity index (χ2v) is 5.92. The Balaban J connectivity index is 1.77. The maximum Gasteiger partial charge on any atom is 0.287 e. The molecule has 1 N–H and O–H groups in total. The zero-order valence-electron chi connectivity index (χ0n) is 15.2. The Labute approximate surface area is 152 Å². The molecule has 3 aromatic rings.